The molecule has 4 nitrogen and oxygen atoms in total. The molecule has 1 amide bonds. The van der Waals surface area contributed by atoms with Crippen LogP contribution in [-0.4, -0.2) is 24.5 Å². The third-order valence-corrected chi connectivity index (χ3v) is 3.67. The Kier molecular flexibility index (Phi) is 6.96. The van der Waals surface area contributed by atoms with Gasteiger partial charge in [0.2, 0.25) is 5.91 Å². The molecule has 0 aliphatic heterocycles. The molecule has 2 aromatic carbocycles. The third kappa shape index (κ3) is 6.26. The quantitative estimate of drug-likeness (QED) is 0.786. The molecule has 25 heavy (non-hydrogen) atoms. The summed E-state index contributed by atoms with van der Waals surface area (Å²) in [4.78, 5) is 22.5. The third-order valence-electron chi connectivity index (χ3n) is 3.67. The van der Waals surface area contributed by atoms with E-state index in [4.69, 9.17) is 4.74 Å². The molecule has 0 aliphatic rings. The summed E-state index contributed by atoms with van der Waals surface area (Å²) >= 11 is 0. The van der Waals surface area contributed by atoms with Gasteiger partial charge in [-0.15, -0.1) is 0 Å². The van der Waals surface area contributed by atoms with E-state index in [1.54, 1.807) is 0 Å². The standard InChI is InChI=1S/C21H23NO3/c1-16(23)22-15-20(25-17(2)24)13-14-21(18-9-5-3-6-10-18)19-11-7-4-8-12-19/h3-12,14,20H,13,15H2,1-2H3,(H,22,23). The van der Waals surface area contributed by atoms with Crippen LogP contribution in [-0.2, 0) is 14.3 Å². The van der Waals surface area contributed by atoms with Gasteiger partial charge in [-0.1, -0.05) is 66.7 Å². The maximum atomic E-state index is 11.3. The number of hydrogen-bond donors (Lipinski definition) is 1. The zero-order valence-electron chi connectivity index (χ0n) is 14.6. The summed E-state index contributed by atoms with van der Waals surface area (Å²) < 4.78 is 5.32. The van der Waals surface area contributed by atoms with Crippen molar-refractivity contribution in [2.24, 2.45) is 0 Å². The van der Waals surface area contributed by atoms with Crippen LogP contribution in [0.15, 0.2) is 66.7 Å². The average Bonchev–Trinajstić information content (AvgIpc) is 2.61. The molecule has 1 atom stereocenters. The highest BCUT2D eigenvalue weighted by molar-refractivity contribution is 5.79. The van der Waals surface area contributed by atoms with Crippen LogP contribution in [0.25, 0.3) is 5.57 Å². The van der Waals surface area contributed by atoms with Crippen molar-refractivity contribution in [1.82, 2.24) is 5.32 Å². The first-order valence-corrected chi connectivity index (χ1v) is 8.29. The molecule has 1 N–H and O–H groups in total. The van der Waals surface area contributed by atoms with Crippen LogP contribution in [0.5, 0.6) is 0 Å². The maximum Gasteiger partial charge on any atom is 0.302 e. The van der Waals surface area contributed by atoms with E-state index in [1.165, 1.54) is 13.8 Å². The van der Waals surface area contributed by atoms with Gasteiger partial charge in [0.25, 0.3) is 0 Å². The van der Waals surface area contributed by atoms with Gasteiger partial charge in [-0.05, 0) is 16.7 Å². The normalized spacial score (nSPS) is 11.3. The van der Waals surface area contributed by atoms with Crippen molar-refractivity contribution >= 4 is 17.4 Å². The van der Waals surface area contributed by atoms with Gasteiger partial charge >= 0.3 is 5.97 Å². The molecular formula is C21H23NO3. The zero-order valence-corrected chi connectivity index (χ0v) is 14.6. The Balaban J connectivity index is 2.25. The van der Waals surface area contributed by atoms with Gasteiger partial charge in [0.1, 0.15) is 6.10 Å². The summed E-state index contributed by atoms with van der Waals surface area (Å²) in [7, 11) is 0. The second kappa shape index (κ2) is 9.42. The van der Waals surface area contributed by atoms with E-state index < -0.39 is 6.10 Å². The summed E-state index contributed by atoms with van der Waals surface area (Å²) in [5.74, 6) is -0.503. The Bertz CT molecular complexity index is 682. The van der Waals surface area contributed by atoms with Gasteiger partial charge in [-0.3, -0.25) is 9.59 Å². The molecule has 1 unspecified atom stereocenters. The monoisotopic (exact) mass is 337 g/mol. The molecule has 0 radical (unpaired) electrons. The first kappa shape index (κ1) is 18.5. The number of esters is 1. The first-order valence-electron chi connectivity index (χ1n) is 8.29. The van der Waals surface area contributed by atoms with Crippen LogP contribution in [0.2, 0.25) is 0 Å². The second-order valence-corrected chi connectivity index (χ2v) is 5.75. The van der Waals surface area contributed by atoms with Crippen LogP contribution >= 0.6 is 0 Å². The van der Waals surface area contributed by atoms with Crippen molar-refractivity contribution in [3.63, 3.8) is 0 Å². The molecule has 0 bridgehead atoms. The van der Waals surface area contributed by atoms with Crippen molar-refractivity contribution in [2.75, 3.05) is 6.54 Å². The number of nitrogens with one attached hydrogen (secondary N) is 1. The van der Waals surface area contributed by atoms with Crippen LogP contribution < -0.4 is 5.32 Å². The molecule has 2 aromatic rings. The fraction of sp³-hybridized carbons (Fsp3) is 0.238. The minimum atomic E-state index is -0.399. The van der Waals surface area contributed by atoms with E-state index in [9.17, 15) is 9.59 Å². The van der Waals surface area contributed by atoms with E-state index in [0.717, 1.165) is 16.7 Å². The SMILES string of the molecule is CC(=O)NCC(CC=C(c1ccccc1)c1ccccc1)OC(C)=O. The maximum absolute atomic E-state index is 11.3. The molecule has 0 spiro atoms. The lowest BCUT2D eigenvalue weighted by Gasteiger charge is -2.17. The Hall–Kier alpha value is -2.88. The van der Waals surface area contributed by atoms with Crippen LogP contribution in [0.4, 0.5) is 0 Å². The molecule has 0 saturated carbocycles. The molecule has 2 rings (SSSR count). The van der Waals surface area contributed by atoms with Crippen LogP contribution in [0.1, 0.15) is 31.4 Å². The van der Waals surface area contributed by atoms with E-state index >= 15 is 0 Å². The number of rotatable bonds is 7. The van der Waals surface area contributed by atoms with Crippen LogP contribution in [0.3, 0.4) is 0 Å². The van der Waals surface area contributed by atoms with Gasteiger partial charge in [-0.25, -0.2) is 0 Å². The van der Waals surface area contributed by atoms with E-state index in [1.807, 2.05) is 60.7 Å². The highest BCUT2D eigenvalue weighted by Crippen LogP contribution is 2.24. The van der Waals surface area contributed by atoms with E-state index in [0.29, 0.717) is 13.0 Å². The topological polar surface area (TPSA) is 55.4 Å². The fourth-order valence-electron chi connectivity index (χ4n) is 2.55. The van der Waals surface area contributed by atoms with Gasteiger partial charge in [0.05, 0.1) is 6.54 Å². The predicted molar refractivity (Wildman–Crippen MR) is 98.8 cm³/mol. The lowest BCUT2D eigenvalue weighted by molar-refractivity contribution is -0.146. The molecule has 0 heterocycles. The van der Waals surface area contributed by atoms with Gasteiger partial charge in [-0.2, -0.15) is 0 Å². The van der Waals surface area contributed by atoms with Gasteiger partial charge < -0.3 is 10.1 Å². The minimum absolute atomic E-state index is 0.146. The summed E-state index contributed by atoms with van der Waals surface area (Å²) in [5.41, 5.74) is 3.26. The number of hydrogen-bond acceptors (Lipinski definition) is 3. The van der Waals surface area contributed by atoms with Gasteiger partial charge in [0.15, 0.2) is 0 Å². The second-order valence-electron chi connectivity index (χ2n) is 5.75. The van der Waals surface area contributed by atoms with Crippen LogP contribution in [0, 0.1) is 0 Å². The Morgan fingerprint density at radius 1 is 0.960 bits per heavy atom. The molecular weight excluding hydrogens is 314 g/mol. The highest BCUT2D eigenvalue weighted by Gasteiger charge is 2.13. The van der Waals surface area contributed by atoms with Crippen molar-refractivity contribution in [3.05, 3.63) is 77.9 Å². The zero-order chi connectivity index (χ0) is 18.1. The Labute approximate surface area is 148 Å². The summed E-state index contributed by atoms with van der Waals surface area (Å²) in [6.45, 7) is 3.11. The van der Waals surface area contributed by atoms with Crippen molar-refractivity contribution in [1.29, 1.82) is 0 Å². The molecule has 0 aliphatic carbocycles. The summed E-state index contributed by atoms with van der Waals surface area (Å²) in [6.07, 6.45) is 2.17. The number of carbonyl (C=O) groups excluding carboxylic acids is 2. The Morgan fingerprint density at radius 3 is 1.92 bits per heavy atom. The lowest BCUT2D eigenvalue weighted by atomic mass is 9.96. The lowest BCUT2D eigenvalue weighted by Crippen LogP contribution is -2.33. The number of carbonyl (C=O) groups is 2. The molecule has 130 valence electrons. The highest BCUT2D eigenvalue weighted by atomic mass is 16.5. The predicted octanol–water partition coefficient (Wildman–Crippen LogP) is 3.58. The first-order chi connectivity index (χ1) is 12.1. The van der Waals surface area contributed by atoms with E-state index in [-0.39, 0.29) is 11.9 Å². The molecule has 0 saturated heterocycles. The number of amides is 1. The summed E-state index contributed by atoms with van der Waals surface area (Å²) in [5, 5.41) is 2.71. The Morgan fingerprint density at radius 2 is 1.48 bits per heavy atom. The van der Waals surface area contributed by atoms with Gasteiger partial charge in [0, 0.05) is 20.3 Å². The van der Waals surface area contributed by atoms with Crippen molar-refractivity contribution in [3.8, 4) is 0 Å². The largest absolute Gasteiger partial charge is 0.460 e. The smallest absolute Gasteiger partial charge is 0.302 e. The molecule has 0 fully saturated rings. The number of ether oxygens (including phenoxy) is 1. The summed E-state index contributed by atoms with van der Waals surface area (Å²) in [6, 6.07) is 20.1. The molecule has 4 heteroatoms. The average molecular weight is 337 g/mol. The van der Waals surface area contributed by atoms with Crippen molar-refractivity contribution < 1.29 is 14.3 Å². The van der Waals surface area contributed by atoms with E-state index in [2.05, 4.69) is 11.4 Å². The molecule has 0 aromatic heterocycles. The minimum Gasteiger partial charge on any atom is -0.460 e. The fourth-order valence-corrected chi connectivity index (χ4v) is 2.55. The number of benzene rings is 2. The van der Waals surface area contributed by atoms with Crippen molar-refractivity contribution in [2.45, 2.75) is 26.4 Å².